The van der Waals surface area contributed by atoms with E-state index in [0.29, 0.717) is 23.9 Å². The highest BCUT2D eigenvalue weighted by Gasteiger charge is 2.49. The van der Waals surface area contributed by atoms with Gasteiger partial charge < -0.3 is 5.11 Å². The molecule has 1 N–H and O–H groups in total. The first-order valence-electron chi connectivity index (χ1n) is 8.29. The van der Waals surface area contributed by atoms with Crippen molar-refractivity contribution in [2.45, 2.75) is 50.0 Å². The van der Waals surface area contributed by atoms with Crippen molar-refractivity contribution in [1.29, 1.82) is 0 Å². The van der Waals surface area contributed by atoms with Crippen molar-refractivity contribution in [3.63, 3.8) is 0 Å². The van der Waals surface area contributed by atoms with E-state index in [1.165, 1.54) is 18.4 Å². The van der Waals surface area contributed by atoms with Crippen molar-refractivity contribution in [2.24, 2.45) is 11.8 Å². The lowest BCUT2D eigenvalue weighted by molar-refractivity contribution is -0.00416. The van der Waals surface area contributed by atoms with Crippen LogP contribution in [0, 0.1) is 11.8 Å². The first-order chi connectivity index (χ1) is 10.5. The smallest absolute Gasteiger partial charge is 0.243 e. The summed E-state index contributed by atoms with van der Waals surface area (Å²) in [5.41, 5.74) is 1.20. The van der Waals surface area contributed by atoms with Crippen LogP contribution in [0.1, 0.15) is 38.2 Å². The molecule has 1 saturated carbocycles. The molecule has 0 aromatic heterocycles. The van der Waals surface area contributed by atoms with Gasteiger partial charge in [0.2, 0.25) is 10.0 Å². The molecule has 0 unspecified atom stereocenters. The second-order valence-corrected chi connectivity index (χ2v) is 8.59. The van der Waals surface area contributed by atoms with Crippen LogP contribution in [0.3, 0.4) is 0 Å². The van der Waals surface area contributed by atoms with Gasteiger partial charge in [0.1, 0.15) is 0 Å². The number of hydrogen-bond acceptors (Lipinski definition) is 3. The van der Waals surface area contributed by atoms with Crippen molar-refractivity contribution < 1.29 is 13.5 Å². The van der Waals surface area contributed by atoms with Crippen LogP contribution in [0.5, 0.6) is 0 Å². The fraction of sp³-hybridized carbons (Fsp3) is 0.647. The van der Waals surface area contributed by atoms with Gasteiger partial charge in [0.15, 0.2) is 0 Å². The second-order valence-electron chi connectivity index (χ2n) is 6.65. The Morgan fingerprint density at radius 1 is 1.18 bits per heavy atom. The Hall–Kier alpha value is -0.910. The monoisotopic (exact) mass is 323 g/mol. The van der Waals surface area contributed by atoms with E-state index in [1.807, 2.05) is 12.1 Å². The van der Waals surface area contributed by atoms with Crippen molar-refractivity contribution in [2.75, 3.05) is 13.1 Å². The first kappa shape index (κ1) is 16.0. The Morgan fingerprint density at radius 2 is 1.91 bits per heavy atom. The predicted octanol–water partition coefficient (Wildman–Crippen LogP) is 2.42. The van der Waals surface area contributed by atoms with Gasteiger partial charge in [0.05, 0.1) is 11.0 Å². The van der Waals surface area contributed by atoms with Crippen molar-refractivity contribution in [1.82, 2.24) is 4.31 Å². The fourth-order valence-electron chi connectivity index (χ4n) is 3.58. The topological polar surface area (TPSA) is 57.6 Å². The summed E-state index contributed by atoms with van der Waals surface area (Å²) in [5.74, 6) is 0.487. The van der Waals surface area contributed by atoms with Gasteiger partial charge in [-0.05, 0) is 42.9 Å². The lowest BCUT2D eigenvalue weighted by atomic mass is 9.74. The minimum absolute atomic E-state index is 0.142. The molecule has 1 aromatic rings. The number of aliphatic hydroxyl groups excluding tert-OH is 1. The van der Waals surface area contributed by atoms with Gasteiger partial charge >= 0.3 is 0 Å². The van der Waals surface area contributed by atoms with Crippen LogP contribution < -0.4 is 0 Å². The molecule has 1 aliphatic heterocycles. The summed E-state index contributed by atoms with van der Waals surface area (Å²) in [6.45, 7) is 3.20. The maximum absolute atomic E-state index is 12.7. The number of aliphatic hydroxyl groups is 1. The molecule has 0 bridgehead atoms. The van der Waals surface area contributed by atoms with Gasteiger partial charge in [-0.15, -0.1) is 0 Å². The Labute approximate surface area is 133 Å². The lowest BCUT2D eigenvalue weighted by Crippen LogP contribution is -2.39. The molecule has 0 radical (unpaired) electrons. The summed E-state index contributed by atoms with van der Waals surface area (Å²) in [4.78, 5) is 0.377. The van der Waals surface area contributed by atoms with Crippen LogP contribution in [0.4, 0.5) is 0 Å². The molecule has 2 aliphatic rings. The Bertz CT molecular complexity index is 611. The zero-order chi connectivity index (χ0) is 15.7. The normalized spacial score (nSPS) is 28.4. The van der Waals surface area contributed by atoms with E-state index < -0.39 is 10.0 Å². The van der Waals surface area contributed by atoms with Gasteiger partial charge in [-0.2, -0.15) is 4.31 Å². The summed E-state index contributed by atoms with van der Waals surface area (Å²) < 4.78 is 26.9. The summed E-state index contributed by atoms with van der Waals surface area (Å²) in [6, 6.07) is 7.32. The number of aryl methyl sites for hydroxylation is 1. The van der Waals surface area contributed by atoms with E-state index >= 15 is 0 Å². The number of sulfonamides is 1. The molecule has 3 rings (SSSR count). The Morgan fingerprint density at radius 3 is 2.50 bits per heavy atom. The van der Waals surface area contributed by atoms with E-state index in [1.54, 1.807) is 16.4 Å². The van der Waals surface area contributed by atoms with Crippen LogP contribution in [-0.4, -0.2) is 37.0 Å². The van der Waals surface area contributed by atoms with Crippen molar-refractivity contribution in [3.8, 4) is 0 Å². The SMILES string of the molecule is CCCCCc1ccc(S(=O)(=O)N2C[C@H]3C[C@@H](O)[C@H]3C2)cc1. The quantitative estimate of drug-likeness (QED) is 0.818. The zero-order valence-electron chi connectivity index (χ0n) is 13.1. The number of benzene rings is 1. The van der Waals surface area contributed by atoms with E-state index in [-0.39, 0.29) is 12.0 Å². The molecular formula is C17H25NO3S. The molecule has 122 valence electrons. The maximum atomic E-state index is 12.7. The standard InChI is InChI=1S/C17H25NO3S/c1-2-3-4-5-13-6-8-15(9-7-13)22(20,21)18-11-14-10-17(19)16(14)12-18/h6-9,14,16-17,19H,2-5,10-12H2,1H3/t14-,16+,17-/m1/s1. The third-order valence-corrected chi connectivity index (χ3v) is 6.97. The second kappa shape index (κ2) is 6.30. The average molecular weight is 323 g/mol. The minimum atomic E-state index is -3.41. The number of fused-ring (bicyclic) bond motifs is 1. The van der Waals surface area contributed by atoms with E-state index in [9.17, 15) is 13.5 Å². The molecule has 2 fully saturated rings. The molecular weight excluding hydrogens is 298 g/mol. The number of unbranched alkanes of at least 4 members (excludes halogenated alkanes) is 2. The summed E-state index contributed by atoms with van der Waals surface area (Å²) >= 11 is 0. The number of hydrogen-bond donors (Lipinski definition) is 1. The van der Waals surface area contributed by atoms with Gasteiger partial charge in [0.25, 0.3) is 0 Å². The molecule has 4 nitrogen and oxygen atoms in total. The number of nitrogens with zero attached hydrogens (tertiary/aromatic N) is 1. The van der Waals surface area contributed by atoms with E-state index in [4.69, 9.17) is 0 Å². The molecule has 0 amide bonds. The van der Waals surface area contributed by atoms with E-state index in [0.717, 1.165) is 19.3 Å². The third kappa shape index (κ3) is 2.94. The van der Waals surface area contributed by atoms with Gasteiger partial charge in [0, 0.05) is 19.0 Å². The van der Waals surface area contributed by atoms with E-state index in [2.05, 4.69) is 6.92 Å². The maximum Gasteiger partial charge on any atom is 0.243 e. The van der Waals surface area contributed by atoms with Crippen molar-refractivity contribution in [3.05, 3.63) is 29.8 Å². The van der Waals surface area contributed by atoms with Crippen LogP contribution in [0.25, 0.3) is 0 Å². The molecule has 1 aromatic carbocycles. The molecule has 3 atom stereocenters. The number of rotatable bonds is 6. The minimum Gasteiger partial charge on any atom is -0.393 e. The van der Waals surface area contributed by atoms with Gasteiger partial charge in [-0.25, -0.2) is 8.42 Å². The van der Waals surface area contributed by atoms with Crippen LogP contribution in [-0.2, 0) is 16.4 Å². The Balaban J connectivity index is 1.67. The molecule has 1 heterocycles. The van der Waals surface area contributed by atoms with Gasteiger partial charge in [-0.3, -0.25) is 0 Å². The Kier molecular flexibility index (Phi) is 4.57. The lowest BCUT2D eigenvalue weighted by Gasteiger charge is -2.34. The van der Waals surface area contributed by atoms with Crippen LogP contribution in [0.15, 0.2) is 29.2 Å². The largest absolute Gasteiger partial charge is 0.393 e. The molecule has 1 saturated heterocycles. The fourth-order valence-corrected chi connectivity index (χ4v) is 5.12. The molecule has 5 heteroatoms. The average Bonchev–Trinajstić information content (AvgIpc) is 2.86. The molecule has 22 heavy (non-hydrogen) atoms. The summed E-state index contributed by atoms with van der Waals surface area (Å²) in [6.07, 6.45) is 4.98. The molecule has 0 spiro atoms. The summed E-state index contributed by atoms with van der Waals surface area (Å²) in [7, 11) is -3.41. The highest BCUT2D eigenvalue weighted by atomic mass is 32.2. The predicted molar refractivity (Wildman–Crippen MR) is 86.0 cm³/mol. The van der Waals surface area contributed by atoms with Crippen molar-refractivity contribution >= 4 is 10.0 Å². The molecule has 1 aliphatic carbocycles. The van der Waals surface area contributed by atoms with Gasteiger partial charge in [-0.1, -0.05) is 31.9 Å². The third-order valence-electron chi connectivity index (χ3n) is 5.13. The zero-order valence-corrected chi connectivity index (χ0v) is 13.9. The highest BCUT2D eigenvalue weighted by molar-refractivity contribution is 7.89. The van der Waals surface area contributed by atoms with Crippen LogP contribution >= 0.6 is 0 Å². The first-order valence-corrected chi connectivity index (χ1v) is 9.73. The van der Waals surface area contributed by atoms with Crippen LogP contribution in [0.2, 0.25) is 0 Å². The summed E-state index contributed by atoms with van der Waals surface area (Å²) in [5, 5.41) is 9.69. The highest BCUT2D eigenvalue weighted by Crippen LogP contribution is 2.42.